The maximum Gasteiger partial charge on any atom is 0.446 e. The molecular weight excluding hydrogens is 433 g/mol. The van der Waals surface area contributed by atoms with Crippen molar-refractivity contribution in [2.24, 2.45) is 0 Å². The molecule has 0 spiro atoms. The number of hydrogen-bond acceptors (Lipinski definition) is 3. The minimum Gasteiger partial charge on any atom is -0.497 e. The van der Waals surface area contributed by atoms with E-state index in [1.54, 1.807) is 43.5 Å². The lowest BCUT2D eigenvalue weighted by atomic mass is 9.90. The highest BCUT2D eigenvalue weighted by Crippen LogP contribution is 2.49. The molecule has 0 N–H and O–H groups in total. The zero-order valence-electron chi connectivity index (χ0n) is 17.4. The number of halogens is 3. The number of benzene rings is 3. The number of para-hydroxylation sites is 1. The largest absolute Gasteiger partial charge is 0.497 e. The van der Waals surface area contributed by atoms with Crippen LogP contribution in [0.3, 0.4) is 0 Å². The number of alkyl halides is 3. The number of ether oxygens (including phenoxy) is 2. The van der Waals surface area contributed by atoms with E-state index in [0.717, 1.165) is 11.1 Å². The quantitative estimate of drug-likeness (QED) is 0.373. The highest BCUT2D eigenvalue weighted by Gasteiger charge is 2.34. The van der Waals surface area contributed by atoms with E-state index in [1.807, 2.05) is 48.5 Å². The van der Waals surface area contributed by atoms with E-state index >= 15 is 0 Å². The maximum atomic E-state index is 13.5. The molecule has 0 fully saturated rings. The Labute approximate surface area is 189 Å². The van der Waals surface area contributed by atoms with Gasteiger partial charge in [-0.15, -0.1) is 0 Å². The first-order valence-corrected chi connectivity index (χ1v) is 10.9. The van der Waals surface area contributed by atoms with Gasteiger partial charge >= 0.3 is 5.51 Å². The summed E-state index contributed by atoms with van der Waals surface area (Å²) in [7, 11) is 1.56. The van der Waals surface area contributed by atoms with Gasteiger partial charge in [-0.05, 0) is 83.3 Å². The molecule has 2 nitrogen and oxygen atoms in total. The Morgan fingerprint density at radius 1 is 0.750 bits per heavy atom. The first-order valence-electron chi connectivity index (χ1n) is 10.1. The fraction of sp³-hybridized carbons (Fsp3) is 0.154. The van der Waals surface area contributed by atoms with Crippen LogP contribution >= 0.6 is 11.8 Å². The molecule has 0 radical (unpaired) electrons. The van der Waals surface area contributed by atoms with Crippen molar-refractivity contribution in [2.45, 2.75) is 18.3 Å². The molecule has 0 saturated heterocycles. The summed E-state index contributed by atoms with van der Waals surface area (Å²) in [6, 6.07) is 23.7. The fourth-order valence-corrected chi connectivity index (χ4v) is 4.49. The lowest BCUT2D eigenvalue weighted by Crippen LogP contribution is -2.06. The summed E-state index contributed by atoms with van der Waals surface area (Å²) in [6.45, 7) is 0. The van der Waals surface area contributed by atoms with Gasteiger partial charge in [0, 0.05) is 4.91 Å². The number of rotatable bonds is 6. The SMILES string of the molecule is COc1ccc(C2=C(SC(F)(F)F)C(c3ccc(Oc4ccccc4)cc3)=CCC2)cc1. The third kappa shape index (κ3) is 5.37. The predicted octanol–water partition coefficient (Wildman–Crippen LogP) is 8.33. The van der Waals surface area contributed by atoms with E-state index in [9.17, 15) is 13.2 Å². The van der Waals surface area contributed by atoms with Gasteiger partial charge < -0.3 is 9.47 Å². The smallest absolute Gasteiger partial charge is 0.446 e. The van der Waals surface area contributed by atoms with Gasteiger partial charge in [-0.25, -0.2) is 0 Å². The standard InChI is InChI=1S/C26H21F3O2S/c1-30-20-14-10-18(11-15-20)23-8-5-9-24(25(23)32-26(27,28)29)19-12-16-22(17-13-19)31-21-6-3-2-4-7-21/h2-4,6-7,9-17H,5,8H2,1H3. The van der Waals surface area contributed by atoms with Gasteiger partial charge in [0.1, 0.15) is 17.2 Å². The predicted molar refractivity (Wildman–Crippen MR) is 124 cm³/mol. The number of hydrogen-bond donors (Lipinski definition) is 0. The number of allylic oxidation sites excluding steroid dienone is 3. The second-order valence-corrected chi connectivity index (χ2v) is 8.26. The van der Waals surface area contributed by atoms with E-state index in [-0.39, 0.29) is 16.7 Å². The average Bonchev–Trinajstić information content (AvgIpc) is 2.80. The lowest BCUT2D eigenvalue weighted by Gasteiger charge is -2.23. The molecule has 1 aliphatic carbocycles. The van der Waals surface area contributed by atoms with Crippen LogP contribution in [0, 0.1) is 0 Å². The van der Waals surface area contributed by atoms with Crippen molar-refractivity contribution in [1.82, 2.24) is 0 Å². The molecule has 164 valence electrons. The van der Waals surface area contributed by atoms with Crippen LogP contribution in [0.25, 0.3) is 11.1 Å². The van der Waals surface area contributed by atoms with Crippen LogP contribution in [-0.4, -0.2) is 12.6 Å². The molecular formula is C26H21F3O2S. The molecule has 3 aromatic carbocycles. The van der Waals surface area contributed by atoms with Gasteiger partial charge in [0.2, 0.25) is 0 Å². The number of methoxy groups -OCH3 is 1. The van der Waals surface area contributed by atoms with Crippen molar-refractivity contribution in [3.05, 3.63) is 101 Å². The minimum absolute atomic E-state index is 0.0508. The highest BCUT2D eigenvalue weighted by atomic mass is 32.2. The topological polar surface area (TPSA) is 18.5 Å². The van der Waals surface area contributed by atoms with E-state index in [4.69, 9.17) is 9.47 Å². The summed E-state index contributed by atoms with van der Waals surface area (Å²) in [5, 5.41) is 0. The fourth-order valence-electron chi connectivity index (χ4n) is 3.61. The highest BCUT2D eigenvalue weighted by molar-refractivity contribution is 8.04. The molecule has 3 aromatic rings. The van der Waals surface area contributed by atoms with Gasteiger partial charge in [0.05, 0.1) is 7.11 Å². The second kappa shape index (κ2) is 9.57. The summed E-state index contributed by atoms with van der Waals surface area (Å²) in [6.07, 6.45) is 3.10. The minimum atomic E-state index is -4.39. The Kier molecular flexibility index (Phi) is 6.61. The third-order valence-corrected chi connectivity index (χ3v) is 5.96. The lowest BCUT2D eigenvalue weighted by molar-refractivity contribution is -0.0321. The molecule has 4 rings (SSSR count). The molecule has 6 heteroatoms. The summed E-state index contributed by atoms with van der Waals surface area (Å²) < 4.78 is 51.5. The second-order valence-electron chi connectivity index (χ2n) is 7.18. The third-order valence-electron chi connectivity index (χ3n) is 5.06. The molecule has 0 aliphatic heterocycles. The Morgan fingerprint density at radius 2 is 1.34 bits per heavy atom. The Hall–Kier alpha value is -3.12. The van der Waals surface area contributed by atoms with Crippen molar-refractivity contribution in [3.8, 4) is 17.2 Å². The first kappa shape index (κ1) is 22.1. The summed E-state index contributed by atoms with van der Waals surface area (Å²) in [5.74, 6) is 1.99. The first-order chi connectivity index (χ1) is 15.4. The van der Waals surface area contributed by atoms with Crippen molar-refractivity contribution < 1.29 is 22.6 Å². The van der Waals surface area contributed by atoms with Gasteiger partial charge in [-0.3, -0.25) is 0 Å². The van der Waals surface area contributed by atoms with Crippen LogP contribution in [0.1, 0.15) is 24.0 Å². The van der Waals surface area contributed by atoms with E-state index in [0.29, 0.717) is 41.2 Å². The maximum absolute atomic E-state index is 13.5. The zero-order valence-corrected chi connectivity index (χ0v) is 18.2. The monoisotopic (exact) mass is 454 g/mol. The molecule has 0 atom stereocenters. The van der Waals surface area contributed by atoms with Gasteiger partial charge in [-0.1, -0.05) is 48.5 Å². The van der Waals surface area contributed by atoms with Crippen molar-refractivity contribution in [2.75, 3.05) is 7.11 Å². The molecule has 0 bridgehead atoms. The molecule has 32 heavy (non-hydrogen) atoms. The van der Waals surface area contributed by atoms with Gasteiger partial charge in [0.25, 0.3) is 0 Å². The van der Waals surface area contributed by atoms with Crippen LogP contribution < -0.4 is 9.47 Å². The summed E-state index contributed by atoms with van der Waals surface area (Å²) in [5.41, 5.74) is -1.61. The number of thioether (sulfide) groups is 1. The van der Waals surface area contributed by atoms with Crippen LogP contribution in [-0.2, 0) is 0 Å². The Bertz CT molecular complexity index is 1120. The van der Waals surface area contributed by atoms with Crippen molar-refractivity contribution in [1.29, 1.82) is 0 Å². The van der Waals surface area contributed by atoms with Crippen LogP contribution in [0.15, 0.2) is 89.8 Å². The Balaban J connectivity index is 1.67. The molecule has 1 aliphatic rings. The van der Waals surface area contributed by atoms with E-state index < -0.39 is 5.51 Å². The molecule has 0 saturated carbocycles. The summed E-state index contributed by atoms with van der Waals surface area (Å²) >= 11 is -0.0508. The van der Waals surface area contributed by atoms with Crippen LogP contribution in [0.2, 0.25) is 0 Å². The molecule has 0 unspecified atom stereocenters. The molecule has 0 aromatic heterocycles. The molecule has 0 heterocycles. The van der Waals surface area contributed by atoms with Crippen LogP contribution in [0.5, 0.6) is 17.2 Å². The molecule has 0 amide bonds. The van der Waals surface area contributed by atoms with E-state index in [2.05, 4.69) is 0 Å². The average molecular weight is 455 g/mol. The summed E-state index contributed by atoms with van der Waals surface area (Å²) in [4.78, 5) is 0.241. The normalized spacial score (nSPS) is 14.2. The van der Waals surface area contributed by atoms with Crippen molar-refractivity contribution >= 4 is 22.9 Å². The van der Waals surface area contributed by atoms with Crippen molar-refractivity contribution in [3.63, 3.8) is 0 Å². The van der Waals surface area contributed by atoms with Crippen LogP contribution in [0.4, 0.5) is 13.2 Å². The van der Waals surface area contributed by atoms with E-state index in [1.165, 1.54) is 0 Å². The zero-order chi connectivity index (χ0) is 22.6. The van der Waals surface area contributed by atoms with Gasteiger partial charge in [-0.2, -0.15) is 13.2 Å². The van der Waals surface area contributed by atoms with Gasteiger partial charge in [0.15, 0.2) is 0 Å². The Morgan fingerprint density at radius 3 is 1.97 bits per heavy atom.